The molecule has 5 nitrogen and oxygen atoms in total. The van der Waals surface area contributed by atoms with E-state index in [-0.39, 0.29) is 12.1 Å². The maximum atomic E-state index is 12.9. The summed E-state index contributed by atoms with van der Waals surface area (Å²) >= 11 is 1.55. The number of sulfonamides is 1. The molecule has 1 N–H and O–H groups in total. The molecule has 2 heterocycles. The predicted molar refractivity (Wildman–Crippen MR) is 85.2 cm³/mol. The third-order valence-corrected chi connectivity index (χ3v) is 6.90. The van der Waals surface area contributed by atoms with Crippen molar-refractivity contribution < 1.29 is 13.2 Å². The summed E-state index contributed by atoms with van der Waals surface area (Å²) in [6, 6.07) is 1.69. The average Bonchev–Trinajstić information content (AvgIpc) is 2.81. The minimum absolute atomic E-state index is 0.0591. The van der Waals surface area contributed by atoms with Gasteiger partial charge in [0.2, 0.25) is 10.0 Å². The highest BCUT2D eigenvalue weighted by Crippen LogP contribution is 2.30. The minimum atomic E-state index is -3.44. The molecule has 1 aromatic rings. The van der Waals surface area contributed by atoms with Gasteiger partial charge in [-0.3, -0.25) is 0 Å². The van der Waals surface area contributed by atoms with E-state index in [1.54, 1.807) is 15.6 Å². The molecule has 0 aliphatic carbocycles. The molecule has 1 saturated heterocycles. The van der Waals surface area contributed by atoms with Gasteiger partial charge in [-0.1, -0.05) is 6.92 Å². The van der Waals surface area contributed by atoms with E-state index >= 15 is 0 Å². The van der Waals surface area contributed by atoms with Gasteiger partial charge in [-0.25, -0.2) is 8.42 Å². The van der Waals surface area contributed by atoms with E-state index in [0.29, 0.717) is 24.6 Å². The molecule has 120 valence electrons. The third-order valence-electron chi connectivity index (χ3n) is 3.61. The zero-order valence-electron chi connectivity index (χ0n) is 13.0. The lowest BCUT2D eigenvalue weighted by Crippen LogP contribution is -2.50. The fourth-order valence-electron chi connectivity index (χ4n) is 2.45. The number of ether oxygens (including phenoxy) is 1. The van der Waals surface area contributed by atoms with Crippen LogP contribution in [-0.4, -0.2) is 44.6 Å². The summed E-state index contributed by atoms with van der Waals surface area (Å²) < 4.78 is 32.9. The fraction of sp³-hybridized carbons (Fsp3) is 0.714. The van der Waals surface area contributed by atoms with Crippen molar-refractivity contribution >= 4 is 21.4 Å². The largest absolute Gasteiger partial charge is 0.375 e. The maximum absolute atomic E-state index is 12.9. The summed E-state index contributed by atoms with van der Waals surface area (Å²) in [5, 5.41) is 3.23. The highest BCUT2D eigenvalue weighted by Gasteiger charge is 2.35. The molecule has 0 bridgehead atoms. The first-order valence-electron chi connectivity index (χ1n) is 7.29. The van der Waals surface area contributed by atoms with Gasteiger partial charge in [-0.2, -0.15) is 4.31 Å². The van der Waals surface area contributed by atoms with Gasteiger partial charge in [0.25, 0.3) is 0 Å². The monoisotopic (exact) mass is 332 g/mol. The number of nitrogens with zero attached hydrogens (tertiary/aromatic N) is 1. The van der Waals surface area contributed by atoms with E-state index < -0.39 is 10.0 Å². The molecule has 1 fully saturated rings. The Balaban J connectivity index is 2.28. The van der Waals surface area contributed by atoms with Crippen LogP contribution in [0.3, 0.4) is 0 Å². The number of morpholine rings is 1. The summed E-state index contributed by atoms with van der Waals surface area (Å²) in [4.78, 5) is 2.36. The van der Waals surface area contributed by atoms with Gasteiger partial charge in [0.05, 0.1) is 17.6 Å². The summed E-state index contributed by atoms with van der Waals surface area (Å²) in [6.07, 6.45) is -0.0591. The topological polar surface area (TPSA) is 58.6 Å². The van der Waals surface area contributed by atoms with Crippen LogP contribution in [0.15, 0.2) is 11.0 Å². The van der Waals surface area contributed by atoms with E-state index in [9.17, 15) is 8.42 Å². The molecule has 0 saturated carbocycles. The summed E-state index contributed by atoms with van der Waals surface area (Å²) in [5.74, 6) is 0. The lowest BCUT2D eigenvalue weighted by Gasteiger charge is -2.35. The molecule has 0 radical (unpaired) electrons. The van der Waals surface area contributed by atoms with Gasteiger partial charge < -0.3 is 10.1 Å². The van der Waals surface area contributed by atoms with Gasteiger partial charge in [0.1, 0.15) is 0 Å². The van der Waals surface area contributed by atoms with Gasteiger partial charge in [0, 0.05) is 28.9 Å². The first-order chi connectivity index (χ1) is 9.86. The molecule has 1 aromatic heterocycles. The molecule has 0 amide bonds. The van der Waals surface area contributed by atoms with Crippen LogP contribution in [0.1, 0.15) is 30.5 Å². The molecule has 1 aliphatic heterocycles. The van der Waals surface area contributed by atoms with E-state index in [4.69, 9.17) is 4.74 Å². The van der Waals surface area contributed by atoms with Crippen LogP contribution in [0.2, 0.25) is 0 Å². The predicted octanol–water partition coefficient (Wildman–Crippen LogP) is 1.96. The highest BCUT2D eigenvalue weighted by molar-refractivity contribution is 7.89. The lowest BCUT2D eigenvalue weighted by atomic mass is 10.2. The van der Waals surface area contributed by atoms with Crippen molar-refractivity contribution in [3.8, 4) is 0 Å². The maximum Gasteiger partial charge on any atom is 0.244 e. The van der Waals surface area contributed by atoms with Gasteiger partial charge in [-0.15, -0.1) is 11.3 Å². The molecule has 7 heteroatoms. The Labute approximate surface area is 131 Å². The Morgan fingerprint density at radius 1 is 1.48 bits per heavy atom. The summed E-state index contributed by atoms with van der Waals surface area (Å²) in [5.41, 5.74) is 0. The Morgan fingerprint density at radius 2 is 2.19 bits per heavy atom. The Hall–Kier alpha value is -0.470. The second-order valence-electron chi connectivity index (χ2n) is 5.48. The minimum Gasteiger partial charge on any atom is -0.375 e. The van der Waals surface area contributed by atoms with Gasteiger partial charge >= 0.3 is 0 Å². The van der Waals surface area contributed by atoms with Crippen molar-refractivity contribution in [2.45, 2.75) is 51.3 Å². The molecular weight excluding hydrogens is 308 g/mol. The molecule has 2 rings (SSSR count). The van der Waals surface area contributed by atoms with Gasteiger partial charge in [-0.05, 0) is 33.4 Å². The summed E-state index contributed by atoms with van der Waals surface area (Å²) in [7, 11) is -3.44. The molecule has 2 unspecified atom stereocenters. The molecule has 21 heavy (non-hydrogen) atoms. The molecular formula is C14H24N2O3S2. The number of rotatable bonds is 5. The lowest BCUT2D eigenvalue weighted by molar-refractivity contribution is -0.0170. The van der Waals surface area contributed by atoms with E-state index in [1.807, 2.05) is 33.8 Å². The van der Waals surface area contributed by atoms with E-state index in [2.05, 4.69) is 5.32 Å². The Bertz CT molecular complexity index is 583. The van der Waals surface area contributed by atoms with Crippen LogP contribution >= 0.6 is 11.3 Å². The number of hydrogen-bond acceptors (Lipinski definition) is 5. The number of hydrogen-bond donors (Lipinski definition) is 1. The van der Waals surface area contributed by atoms with Gasteiger partial charge in [0.15, 0.2) is 0 Å². The van der Waals surface area contributed by atoms with Crippen molar-refractivity contribution in [1.82, 2.24) is 9.62 Å². The normalized spacial score (nSPS) is 24.4. The Morgan fingerprint density at radius 3 is 2.86 bits per heavy atom. The second-order valence-corrected chi connectivity index (χ2v) is 8.68. The first-order valence-corrected chi connectivity index (χ1v) is 9.55. The Kier molecular flexibility index (Phi) is 5.43. The molecule has 0 spiro atoms. The van der Waals surface area contributed by atoms with E-state index in [1.165, 1.54) is 0 Å². The molecule has 1 aliphatic rings. The molecule has 2 atom stereocenters. The smallest absolute Gasteiger partial charge is 0.244 e. The van der Waals surface area contributed by atoms with Crippen LogP contribution in [0, 0.1) is 6.92 Å². The third kappa shape index (κ3) is 3.65. The van der Waals surface area contributed by atoms with Crippen LogP contribution in [-0.2, 0) is 21.3 Å². The van der Waals surface area contributed by atoms with Crippen molar-refractivity contribution in [2.24, 2.45) is 0 Å². The number of aryl methyl sites for hydroxylation is 1. The van der Waals surface area contributed by atoms with Crippen LogP contribution < -0.4 is 5.32 Å². The van der Waals surface area contributed by atoms with Crippen LogP contribution in [0.25, 0.3) is 0 Å². The van der Waals surface area contributed by atoms with Crippen molar-refractivity contribution in [1.29, 1.82) is 0 Å². The summed E-state index contributed by atoms with van der Waals surface area (Å²) in [6.45, 7) is 10.2. The second kappa shape index (κ2) is 6.75. The van der Waals surface area contributed by atoms with Crippen molar-refractivity contribution in [3.63, 3.8) is 0 Å². The van der Waals surface area contributed by atoms with E-state index in [0.717, 1.165) is 16.3 Å². The first kappa shape index (κ1) is 16.9. The number of thiophene rings is 1. The zero-order valence-corrected chi connectivity index (χ0v) is 14.7. The fourth-order valence-corrected chi connectivity index (χ4v) is 5.72. The highest BCUT2D eigenvalue weighted by atomic mass is 32.2. The van der Waals surface area contributed by atoms with Crippen LogP contribution in [0.4, 0.5) is 0 Å². The van der Waals surface area contributed by atoms with Crippen molar-refractivity contribution in [2.75, 3.05) is 19.7 Å². The number of nitrogens with one attached hydrogen (secondary N) is 1. The van der Waals surface area contributed by atoms with Crippen LogP contribution in [0.5, 0.6) is 0 Å². The quantitative estimate of drug-likeness (QED) is 0.895. The van der Waals surface area contributed by atoms with Crippen molar-refractivity contribution in [3.05, 3.63) is 15.8 Å². The standard InChI is InChI=1S/C14H24N2O3S2/c1-5-15-7-13-6-14(12(4)20-13)21(17,18)16-8-11(3)19-9-10(16)2/h6,10-11,15H,5,7-9H2,1-4H3. The SMILES string of the molecule is CCNCc1cc(S(=O)(=O)N2CC(C)OCC2C)c(C)s1. The molecule has 0 aromatic carbocycles. The zero-order chi connectivity index (χ0) is 15.6. The average molecular weight is 332 g/mol.